The molecule has 96 valence electrons. The summed E-state index contributed by atoms with van der Waals surface area (Å²) in [6.45, 7) is 2.69. The van der Waals surface area contributed by atoms with E-state index in [0.717, 1.165) is 5.69 Å². The van der Waals surface area contributed by atoms with E-state index >= 15 is 0 Å². The normalized spacial score (nSPS) is 12.4. The molecule has 2 heterocycles. The third-order valence-corrected chi connectivity index (χ3v) is 3.06. The Morgan fingerprint density at radius 2 is 2.33 bits per heavy atom. The van der Waals surface area contributed by atoms with Crippen LogP contribution < -0.4 is 10.5 Å². The molecule has 0 fully saturated rings. The van der Waals surface area contributed by atoms with Gasteiger partial charge in [-0.15, -0.1) is 0 Å². The Morgan fingerprint density at radius 3 is 2.94 bits per heavy atom. The van der Waals surface area contributed by atoms with E-state index in [4.69, 9.17) is 22.1 Å². The molecule has 18 heavy (non-hydrogen) atoms. The van der Waals surface area contributed by atoms with Crippen LogP contribution >= 0.6 is 11.6 Å². The fourth-order valence-corrected chi connectivity index (χ4v) is 2.10. The highest BCUT2D eigenvalue weighted by Gasteiger charge is 2.22. The first-order chi connectivity index (χ1) is 8.69. The minimum atomic E-state index is -0.462. The summed E-state index contributed by atoms with van der Waals surface area (Å²) in [5.74, 6) is 0.645. The standard InChI is InChI=1S/C12H15ClN4O/c1-3-17-12(9(18-2)7-16-17)10(14)11-8(13)5-4-6-15-11/h4-7,10H,3,14H2,1-2H3. The van der Waals surface area contributed by atoms with Gasteiger partial charge in [0.15, 0.2) is 5.75 Å². The zero-order valence-electron chi connectivity index (χ0n) is 10.3. The van der Waals surface area contributed by atoms with E-state index in [1.165, 1.54) is 0 Å². The summed E-state index contributed by atoms with van der Waals surface area (Å²) in [5, 5.41) is 4.76. The lowest BCUT2D eigenvalue weighted by Gasteiger charge is -2.15. The maximum absolute atomic E-state index is 6.23. The molecule has 0 aliphatic carbocycles. The summed E-state index contributed by atoms with van der Waals surface area (Å²) in [4.78, 5) is 4.23. The van der Waals surface area contributed by atoms with Gasteiger partial charge in [0.1, 0.15) is 5.69 Å². The highest BCUT2D eigenvalue weighted by molar-refractivity contribution is 6.31. The molecule has 0 amide bonds. The number of hydrogen-bond acceptors (Lipinski definition) is 4. The molecule has 0 aliphatic rings. The average molecular weight is 267 g/mol. The van der Waals surface area contributed by atoms with Crippen LogP contribution in [0.1, 0.15) is 24.4 Å². The molecule has 0 saturated carbocycles. The van der Waals surface area contributed by atoms with Crippen molar-refractivity contribution in [3.05, 3.63) is 40.9 Å². The van der Waals surface area contributed by atoms with Crippen LogP contribution in [0.4, 0.5) is 0 Å². The van der Waals surface area contributed by atoms with Gasteiger partial charge in [0.05, 0.1) is 30.1 Å². The van der Waals surface area contributed by atoms with Gasteiger partial charge in [-0.2, -0.15) is 5.10 Å². The van der Waals surface area contributed by atoms with Gasteiger partial charge in [-0.3, -0.25) is 9.67 Å². The highest BCUT2D eigenvalue weighted by Crippen LogP contribution is 2.30. The first kappa shape index (κ1) is 12.9. The van der Waals surface area contributed by atoms with E-state index in [0.29, 0.717) is 23.0 Å². The highest BCUT2D eigenvalue weighted by atomic mass is 35.5. The lowest BCUT2D eigenvalue weighted by atomic mass is 10.1. The van der Waals surface area contributed by atoms with Crippen molar-refractivity contribution in [2.75, 3.05) is 7.11 Å². The zero-order chi connectivity index (χ0) is 13.1. The van der Waals surface area contributed by atoms with Gasteiger partial charge < -0.3 is 10.5 Å². The van der Waals surface area contributed by atoms with Crippen LogP contribution in [0.2, 0.25) is 5.02 Å². The lowest BCUT2D eigenvalue weighted by molar-refractivity contribution is 0.404. The molecule has 0 bridgehead atoms. The second-order valence-corrected chi connectivity index (χ2v) is 4.17. The van der Waals surface area contributed by atoms with Crippen LogP contribution in [0.5, 0.6) is 5.75 Å². The summed E-state index contributed by atoms with van der Waals surface area (Å²) >= 11 is 6.11. The number of rotatable bonds is 4. The molecule has 6 heteroatoms. The number of nitrogens with two attached hydrogens (primary N) is 1. The topological polar surface area (TPSA) is 66.0 Å². The maximum Gasteiger partial charge on any atom is 0.161 e. The molecule has 1 atom stereocenters. The molecule has 5 nitrogen and oxygen atoms in total. The Labute approximate surface area is 111 Å². The lowest BCUT2D eigenvalue weighted by Crippen LogP contribution is -2.19. The van der Waals surface area contributed by atoms with E-state index in [1.807, 2.05) is 6.92 Å². The molecule has 1 unspecified atom stereocenters. The van der Waals surface area contributed by atoms with Crippen molar-refractivity contribution in [1.29, 1.82) is 0 Å². The van der Waals surface area contributed by atoms with Crippen molar-refractivity contribution in [3.63, 3.8) is 0 Å². The van der Waals surface area contributed by atoms with Gasteiger partial charge >= 0.3 is 0 Å². The predicted octanol–water partition coefficient (Wildman–Crippen LogP) is 2.01. The fourth-order valence-electron chi connectivity index (χ4n) is 1.86. The average Bonchev–Trinajstić information content (AvgIpc) is 2.81. The van der Waals surface area contributed by atoms with Crippen LogP contribution in [-0.2, 0) is 6.54 Å². The van der Waals surface area contributed by atoms with Gasteiger partial charge in [0.25, 0.3) is 0 Å². The van der Waals surface area contributed by atoms with Crippen LogP contribution in [-0.4, -0.2) is 21.9 Å². The van der Waals surface area contributed by atoms with E-state index in [9.17, 15) is 0 Å². The first-order valence-electron chi connectivity index (χ1n) is 5.64. The minimum Gasteiger partial charge on any atom is -0.493 e. The smallest absolute Gasteiger partial charge is 0.161 e. The molecular weight excluding hydrogens is 252 g/mol. The Balaban J connectivity index is 2.48. The molecule has 2 rings (SSSR count). The Bertz CT molecular complexity index is 519. The number of hydrogen-bond donors (Lipinski definition) is 1. The number of methoxy groups -OCH3 is 1. The number of aromatic nitrogens is 3. The molecule has 2 aromatic heterocycles. The van der Waals surface area contributed by atoms with Gasteiger partial charge in [-0.25, -0.2) is 0 Å². The first-order valence-corrected chi connectivity index (χ1v) is 6.02. The quantitative estimate of drug-likeness (QED) is 0.919. The molecule has 2 aromatic rings. The van der Waals surface area contributed by atoms with Gasteiger partial charge in [-0.1, -0.05) is 11.6 Å². The molecule has 0 spiro atoms. The van der Waals surface area contributed by atoms with Crippen molar-refractivity contribution >= 4 is 11.6 Å². The van der Waals surface area contributed by atoms with Crippen molar-refractivity contribution in [2.24, 2.45) is 5.73 Å². The van der Waals surface area contributed by atoms with E-state index < -0.39 is 6.04 Å². The van der Waals surface area contributed by atoms with Crippen molar-refractivity contribution in [2.45, 2.75) is 19.5 Å². The van der Waals surface area contributed by atoms with E-state index in [2.05, 4.69) is 10.1 Å². The Morgan fingerprint density at radius 1 is 1.56 bits per heavy atom. The number of pyridine rings is 1. The summed E-state index contributed by atoms with van der Waals surface area (Å²) in [6, 6.07) is 3.08. The molecule has 0 aromatic carbocycles. The zero-order valence-corrected chi connectivity index (χ0v) is 11.1. The number of aryl methyl sites for hydroxylation is 1. The summed E-state index contributed by atoms with van der Waals surface area (Å²) in [6.07, 6.45) is 3.32. The Hall–Kier alpha value is -1.59. The van der Waals surface area contributed by atoms with E-state index in [1.54, 1.807) is 36.3 Å². The van der Waals surface area contributed by atoms with Crippen LogP contribution in [0.15, 0.2) is 24.5 Å². The second-order valence-electron chi connectivity index (χ2n) is 3.76. The molecule has 0 aliphatic heterocycles. The molecule has 0 radical (unpaired) electrons. The number of halogens is 1. The third-order valence-electron chi connectivity index (χ3n) is 2.74. The van der Waals surface area contributed by atoms with Crippen LogP contribution in [0, 0.1) is 0 Å². The monoisotopic (exact) mass is 266 g/mol. The molecule has 0 saturated heterocycles. The second kappa shape index (κ2) is 5.37. The summed E-state index contributed by atoms with van der Waals surface area (Å²) in [5.41, 5.74) is 7.62. The SMILES string of the molecule is CCn1ncc(OC)c1C(N)c1ncccc1Cl. The van der Waals surface area contributed by atoms with Crippen LogP contribution in [0.3, 0.4) is 0 Å². The van der Waals surface area contributed by atoms with Crippen molar-refractivity contribution in [1.82, 2.24) is 14.8 Å². The minimum absolute atomic E-state index is 0.462. The largest absolute Gasteiger partial charge is 0.493 e. The van der Waals surface area contributed by atoms with Gasteiger partial charge in [0.2, 0.25) is 0 Å². The maximum atomic E-state index is 6.23. The molecular formula is C12H15ClN4O. The van der Waals surface area contributed by atoms with E-state index in [-0.39, 0.29) is 0 Å². The van der Waals surface area contributed by atoms with Gasteiger partial charge in [-0.05, 0) is 19.1 Å². The summed E-state index contributed by atoms with van der Waals surface area (Å²) in [7, 11) is 1.59. The summed E-state index contributed by atoms with van der Waals surface area (Å²) < 4.78 is 7.06. The number of ether oxygens (including phenoxy) is 1. The third kappa shape index (κ3) is 2.19. The Kier molecular flexibility index (Phi) is 3.84. The number of nitrogens with zero attached hydrogens (tertiary/aromatic N) is 3. The van der Waals surface area contributed by atoms with Crippen molar-refractivity contribution < 1.29 is 4.74 Å². The predicted molar refractivity (Wildman–Crippen MR) is 69.7 cm³/mol. The van der Waals surface area contributed by atoms with Crippen molar-refractivity contribution in [3.8, 4) is 5.75 Å². The van der Waals surface area contributed by atoms with Gasteiger partial charge in [0, 0.05) is 12.7 Å². The van der Waals surface area contributed by atoms with Crippen LogP contribution in [0.25, 0.3) is 0 Å². The molecule has 2 N–H and O–H groups in total. The fraction of sp³-hybridized carbons (Fsp3) is 0.333.